The minimum atomic E-state index is -0.843. The number of ether oxygens (including phenoxy) is 1. The molecular formula is C75H145NO5. The van der Waals surface area contributed by atoms with E-state index >= 15 is 0 Å². The van der Waals surface area contributed by atoms with Crippen molar-refractivity contribution in [1.29, 1.82) is 0 Å². The van der Waals surface area contributed by atoms with Gasteiger partial charge in [0.05, 0.1) is 25.4 Å². The molecule has 480 valence electrons. The van der Waals surface area contributed by atoms with Gasteiger partial charge in [-0.25, -0.2) is 0 Å². The van der Waals surface area contributed by atoms with Gasteiger partial charge in [0.2, 0.25) is 5.91 Å². The SMILES string of the molecule is CCCCC/C=C\CCCCCCCC(=O)OCCCCCCCCCCCCCCCCCCCCCCCCCCCCCCCCC(=O)NC(CO)C(O)/C=C/CCCCCCCCCCCCCCCCCCCCCC. The van der Waals surface area contributed by atoms with Crippen molar-refractivity contribution in [3.05, 3.63) is 24.3 Å². The molecule has 0 heterocycles. The van der Waals surface area contributed by atoms with Gasteiger partial charge in [0.15, 0.2) is 0 Å². The molecule has 0 bridgehead atoms. The van der Waals surface area contributed by atoms with Gasteiger partial charge in [-0.1, -0.05) is 372 Å². The van der Waals surface area contributed by atoms with Crippen LogP contribution in [0, 0.1) is 0 Å². The maximum absolute atomic E-state index is 12.5. The molecule has 81 heavy (non-hydrogen) atoms. The van der Waals surface area contributed by atoms with Gasteiger partial charge in [-0.2, -0.15) is 0 Å². The zero-order valence-corrected chi connectivity index (χ0v) is 55.0. The largest absolute Gasteiger partial charge is 0.466 e. The fraction of sp³-hybridized carbons (Fsp3) is 0.920. The van der Waals surface area contributed by atoms with Crippen LogP contribution in [0.3, 0.4) is 0 Å². The first-order valence-corrected chi connectivity index (χ1v) is 37.1. The molecule has 0 aromatic carbocycles. The molecule has 1 amide bonds. The average Bonchev–Trinajstić information content (AvgIpc) is 3.47. The molecule has 0 rings (SSSR count). The molecule has 2 unspecified atom stereocenters. The number of hydrogen-bond donors (Lipinski definition) is 3. The van der Waals surface area contributed by atoms with Crippen molar-refractivity contribution in [2.45, 2.75) is 431 Å². The number of carbonyl (C=O) groups excluding carboxylic acids is 2. The first-order chi connectivity index (χ1) is 40.0. The number of aliphatic hydroxyl groups excluding tert-OH is 2. The molecule has 0 aromatic heterocycles. The van der Waals surface area contributed by atoms with E-state index in [9.17, 15) is 19.8 Å². The minimum Gasteiger partial charge on any atom is -0.466 e. The summed E-state index contributed by atoms with van der Waals surface area (Å²) in [5, 5.41) is 23.3. The van der Waals surface area contributed by atoms with Crippen LogP contribution >= 0.6 is 0 Å². The van der Waals surface area contributed by atoms with Gasteiger partial charge in [-0.3, -0.25) is 9.59 Å². The summed E-state index contributed by atoms with van der Waals surface area (Å²) >= 11 is 0. The third kappa shape index (κ3) is 67.3. The Hall–Kier alpha value is -1.66. The first-order valence-electron chi connectivity index (χ1n) is 37.1. The van der Waals surface area contributed by atoms with Crippen molar-refractivity contribution >= 4 is 11.9 Å². The van der Waals surface area contributed by atoms with Gasteiger partial charge in [0.25, 0.3) is 0 Å². The highest BCUT2D eigenvalue weighted by atomic mass is 16.5. The van der Waals surface area contributed by atoms with Crippen molar-refractivity contribution in [3.8, 4) is 0 Å². The lowest BCUT2D eigenvalue weighted by molar-refractivity contribution is -0.143. The maximum atomic E-state index is 12.5. The average molecular weight is 1140 g/mol. The lowest BCUT2D eigenvalue weighted by Crippen LogP contribution is -2.45. The van der Waals surface area contributed by atoms with E-state index in [4.69, 9.17) is 4.74 Å². The summed E-state index contributed by atoms with van der Waals surface area (Å²) in [6, 6.07) is -0.626. The first kappa shape index (κ1) is 79.3. The highest BCUT2D eigenvalue weighted by Crippen LogP contribution is 2.19. The van der Waals surface area contributed by atoms with Crippen LogP contribution in [0.25, 0.3) is 0 Å². The highest BCUT2D eigenvalue weighted by molar-refractivity contribution is 5.76. The van der Waals surface area contributed by atoms with E-state index in [1.165, 1.54) is 347 Å². The lowest BCUT2D eigenvalue weighted by atomic mass is 10.0. The Morgan fingerprint density at radius 3 is 0.901 bits per heavy atom. The molecule has 0 fully saturated rings. The molecule has 6 heteroatoms. The number of rotatable bonds is 70. The number of unbranched alkanes of at least 4 members (excludes halogenated alkanes) is 57. The van der Waals surface area contributed by atoms with Gasteiger partial charge >= 0.3 is 5.97 Å². The van der Waals surface area contributed by atoms with Gasteiger partial charge in [-0.15, -0.1) is 0 Å². The molecule has 0 aliphatic carbocycles. The standard InChI is InChI=1S/C75H145NO5/c1-3-5-7-9-11-13-15-17-18-19-20-21-32-35-38-41-44-47-51-55-59-63-67-73(78)72(71-77)76-74(79)68-64-60-56-52-48-45-42-39-36-33-30-28-26-24-22-23-25-27-29-31-34-37-40-43-46-50-54-58-62-66-70-81-75(80)69-65-61-57-53-49-16-14-12-10-8-6-4-2/h12,14,63,67,72-73,77-78H,3-11,13,15-62,64-66,68-71H2,1-2H3,(H,76,79)/b14-12-,67-63+. The molecular weight excluding hydrogens is 995 g/mol. The van der Waals surface area contributed by atoms with Crippen LogP contribution in [-0.2, 0) is 14.3 Å². The summed E-state index contributed by atoms with van der Waals surface area (Å²) in [5.74, 6) is -0.0491. The summed E-state index contributed by atoms with van der Waals surface area (Å²) < 4.78 is 5.48. The fourth-order valence-electron chi connectivity index (χ4n) is 11.8. The second-order valence-electron chi connectivity index (χ2n) is 25.6. The van der Waals surface area contributed by atoms with Crippen molar-refractivity contribution in [2.75, 3.05) is 13.2 Å². The molecule has 2 atom stereocenters. The number of amides is 1. The second-order valence-corrected chi connectivity index (χ2v) is 25.6. The van der Waals surface area contributed by atoms with Gasteiger partial charge < -0.3 is 20.3 Å². The molecule has 0 aliphatic rings. The van der Waals surface area contributed by atoms with Crippen molar-refractivity contribution < 1.29 is 24.5 Å². The van der Waals surface area contributed by atoms with Crippen LogP contribution in [0.1, 0.15) is 418 Å². The Bertz CT molecular complexity index is 1270. The number of nitrogens with one attached hydrogen (secondary N) is 1. The number of hydrogen-bond acceptors (Lipinski definition) is 5. The van der Waals surface area contributed by atoms with E-state index in [-0.39, 0.29) is 18.5 Å². The molecule has 0 radical (unpaired) electrons. The van der Waals surface area contributed by atoms with Crippen molar-refractivity contribution in [2.24, 2.45) is 0 Å². The molecule has 6 nitrogen and oxygen atoms in total. The van der Waals surface area contributed by atoms with E-state index in [1.54, 1.807) is 6.08 Å². The number of carbonyl (C=O) groups is 2. The molecule has 0 saturated carbocycles. The Kier molecular flexibility index (Phi) is 69.4. The summed E-state index contributed by atoms with van der Waals surface area (Å²) in [4.78, 5) is 24.6. The topological polar surface area (TPSA) is 95.9 Å². The lowest BCUT2D eigenvalue weighted by Gasteiger charge is -2.20. The number of allylic oxidation sites excluding steroid dienone is 3. The molecule has 0 aliphatic heterocycles. The predicted molar refractivity (Wildman–Crippen MR) is 356 cm³/mol. The maximum Gasteiger partial charge on any atom is 0.305 e. The van der Waals surface area contributed by atoms with Crippen molar-refractivity contribution in [1.82, 2.24) is 5.32 Å². The third-order valence-corrected chi connectivity index (χ3v) is 17.5. The molecule has 0 saturated heterocycles. The van der Waals surface area contributed by atoms with Gasteiger partial charge in [0, 0.05) is 12.8 Å². The minimum absolute atomic E-state index is 0.0104. The van der Waals surface area contributed by atoms with E-state index < -0.39 is 12.1 Å². The predicted octanol–water partition coefficient (Wildman–Crippen LogP) is 24.1. The van der Waals surface area contributed by atoms with Crippen LogP contribution in [0.4, 0.5) is 0 Å². The van der Waals surface area contributed by atoms with E-state index in [0.29, 0.717) is 19.4 Å². The highest BCUT2D eigenvalue weighted by Gasteiger charge is 2.18. The Morgan fingerprint density at radius 1 is 0.333 bits per heavy atom. The smallest absolute Gasteiger partial charge is 0.305 e. The van der Waals surface area contributed by atoms with Crippen LogP contribution in [0.5, 0.6) is 0 Å². The third-order valence-electron chi connectivity index (χ3n) is 17.5. The number of aliphatic hydroxyl groups is 2. The summed E-state index contributed by atoms with van der Waals surface area (Å²) in [6.45, 7) is 4.92. The zero-order valence-electron chi connectivity index (χ0n) is 55.0. The van der Waals surface area contributed by atoms with Gasteiger partial charge in [0.1, 0.15) is 0 Å². The second kappa shape index (κ2) is 70.8. The molecule has 3 N–H and O–H groups in total. The van der Waals surface area contributed by atoms with Crippen molar-refractivity contribution in [3.63, 3.8) is 0 Å². The summed E-state index contributed by atoms with van der Waals surface area (Å²) in [7, 11) is 0. The Labute approximate surface area is 507 Å². The van der Waals surface area contributed by atoms with Gasteiger partial charge in [-0.05, 0) is 57.8 Å². The monoisotopic (exact) mass is 1140 g/mol. The normalized spacial score (nSPS) is 12.6. The quantitative estimate of drug-likeness (QED) is 0.0320. The fourth-order valence-corrected chi connectivity index (χ4v) is 11.8. The Balaban J connectivity index is 3.36. The summed E-state index contributed by atoms with van der Waals surface area (Å²) in [5.41, 5.74) is 0. The van der Waals surface area contributed by atoms with Crippen LogP contribution in [0.15, 0.2) is 24.3 Å². The zero-order chi connectivity index (χ0) is 58.5. The Morgan fingerprint density at radius 2 is 0.580 bits per heavy atom. The van der Waals surface area contributed by atoms with Crippen LogP contribution < -0.4 is 5.32 Å². The number of esters is 1. The molecule has 0 spiro atoms. The van der Waals surface area contributed by atoms with Crippen LogP contribution in [-0.4, -0.2) is 47.4 Å². The molecule has 0 aromatic rings. The summed E-state index contributed by atoms with van der Waals surface area (Å²) in [6.07, 6.45) is 89.9. The van der Waals surface area contributed by atoms with Crippen LogP contribution in [0.2, 0.25) is 0 Å². The van der Waals surface area contributed by atoms with E-state index in [2.05, 4.69) is 31.3 Å². The van der Waals surface area contributed by atoms with E-state index in [1.807, 2.05) is 6.08 Å². The van der Waals surface area contributed by atoms with E-state index in [0.717, 1.165) is 44.9 Å².